The summed E-state index contributed by atoms with van der Waals surface area (Å²) in [6.07, 6.45) is 2.49. The molecule has 0 saturated carbocycles. The number of carbonyl (C=O) groups is 1. The van der Waals surface area contributed by atoms with Gasteiger partial charge in [-0.2, -0.15) is 4.98 Å². The fourth-order valence-electron chi connectivity index (χ4n) is 1.76. The van der Waals surface area contributed by atoms with Gasteiger partial charge in [-0.3, -0.25) is 4.79 Å². The van der Waals surface area contributed by atoms with Crippen LogP contribution in [0.15, 0.2) is 10.7 Å². The first-order valence-electron chi connectivity index (χ1n) is 6.40. The molecule has 6 nitrogen and oxygen atoms in total. The Labute approximate surface area is 111 Å². The highest BCUT2D eigenvalue weighted by atomic mass is 16.5. The zero-order chi connectivity index (χ0) is 14.0. The van der Waals surface area contributed by atoms with Gasteiger partial charge in [0.2, 0.25) is 5.89 Å². The molecule has 0 bridgehead atoms. The van der Waals surface area contributed by atoms with Gasteiger partial charge in [-0.25, -0.2) is 4.98 Å². The first-order valence-corrected chi connectivity index (χ1v) is 6.40. The lowest BCUT2D eigenvalue weighted by atomic mass is 10.2. The molecule has 102 valence electrons. The first kappa shape index (κ1) is 13.5. The Balaban J connectivity index is 2.24. The molecule has 2 heterocycles. The van der Waals surface area contributed by atoms with E-state index in [2.05, 4.69) is 15.1 Å². The van der Waals surface area contributed by atoms with Crippen molar-refractivity contribution in [3.05, 3.63) is 29.4 Å². The molecule has 2 aromatic heterocycles. The molecule has 0 unspecified atom stereocenters. The summed E-state index contributed by atoms with van der Waals surface area (Å²) in [7, 11) is 0. The van der Waals surface area contributed by atoms with Gasteiger partial charge in [-0.15, -0.1) is 0 Å². The Morgan fingerprint density at radius 3 is 2.68 bits per heavy atom. The fourth-order valence-corrected chi connectivity index (χ4v) is 1.76. The third-order valence-electron chi connectivity index (χ3n) is 2.83. The number of rotatable bonds is 5. The molecule has 6 heteroatoms. The quantitative estimate of drug-likeness (QED) is 0.772. The van der Waals surface area contributed by atoms with Crippen molar-refractivity contribution >= 4 is 5.78 Å². The maximum Gasteiger partial charge on any atom is 0.229 e. The normalized spacial score (nSPS) is 11.2. The second kappa shape index (κ2) is 5.34. The van der Waals surface area contributed by atoms with Gasteiger partial charge in [0.15, 0.2) is 11.6 Å². The first-order chi connectivity index (χ1) is 9.01. The van der Waals surface area contributed by atoms with Gasteiger partial charge in [0.05, 0.1) is 6.54 Å². The largest absolute Gasteiger partial charge is 0.339 e. The van der Waals surface area contributed by atoms with E-state index in [1.54, 1.807) is 6.20 Å². The number of hydrogen-bond donors (Lipinski definition) is 0. The highest BCUT2D eigenvalue weighted by Gasteiger charge is 2.14. The standard InChI is InChI=1S/C13H18N4O2/c1-5-12-14-10(9(4)18)6-17(12)7-11-15-13(8(2)3)19-16-11/h6,8H,5,7H2,1-4H3. The van der Waals surface area contributed by atoms with E-state index in [0.29, 0.717) is 24.0 Å². The Hall–Kier alpha value is -1.98. The van der Waals surface area contributed by atoms with Crippen LogP contribution in [0.4, 0.5) is 0 Å². The van der Waals surface area contributed by atoms with Gasteiger partial charge < -0.3 is 9.09 Å². The predicted molar refractivity (Wildman–Crippen MR) is 69.1 cm³/mol. The van der Waals surface area contributed by atoms with E-state index < -0.39 is 0 Å². The number of Topliss-reactive ketones (excluding diaryl/α,β-unsaturated/α-hetero) is 1. The van der Waals surface area contributed by atoms with Crippen LogP contribution in [0.5, 0.6) is 0 Å². The Bertz CT molecular complexity index is 583. The summed E-state index contributed by atoms with van der Waals surface area (Å²) in [6, 6.07) is 0. The molecule has 0 atom stereocenters. The molecule has 2 rings (SSSR count). The molecule has 0 aromatic carbocycles. The van der Waals surface area contributed by atoms with Crippen LogP contribution in [0, 0.1) is 0 Å². The van der Waals surface area contributed by atoms with Gasteiger partial charge in [0, 0.05) is 25.5 Å². The minimum absolute atomic E-state index is 0.0376. The van der Waals surface area contributed by atoms with E-state index in [4.69, 9.17) is 4.52 Å². The molecule has 0 aliphatic carbocycles. The average molecular weight is 262 g/mol. The Morgan fingerprint density at radius 2 is 2.16 bits per heavy atom. The molecule has 0 radical (unpaired) electrons. The molecule has 0 aliphatic heterocycles. The molecule has 0 fully saturated rings. The van der Waals surface area contributed by atoms with Gasteiger partial charge in [-0.05, 0) is 0 Å². The van der Waals surface area contributed by atoms with Crippen LogP contribution in [0.1, 0.15) is 61.6 Å². The van der Waals surface area contributed by atoms with Crippen LogP contribution < -0.4 is 0 Å². The molecular formula is C13H18N4O2. The lowest BCUT2D eigenvalue weighted by Crippen LogP contribution is -2.04. The van der Waals surface area contributed by atoms with Crippen molar-refractivity contribution in [2.24, 2.45) is 0 Å². The summed E-state index contributed by atoms with van der Waals surface area (Å²) in [5.41, 5.74) is 0.476. The van der Waals surface area contributed by atoms with Crippen LogP contribution in [-0.2, 0) is 13.0 Å². The zero-order valence-corrected chi connectivity index (χ0v) is 11.7. The lowest BCUT2D eigenvalue weighted by Gasteiger charge is -2.01. The lowest BCUT2D eigenvalue weighted by molar-refractivity contribution is 0.101. The number of carbonyl (C=O) groups excluding carboxylic acids is 1. The predicted octanol–water partition coefficient (Wildman–Crippen LogP) is 2.20. The van der Waals surface area contributed by atoms with Crippen molar-refractivity contribution < 1.29 is 9.32 Å². The molecule has 19 heavy (non-hydrogen) atoms. The number of hydrogen-bond acceptors (Lipinski definition) is 5. The van der Waals surface area contributed by atoms with Crippen LogP contribution in [0.2, 0.25) is 0 Å². The topological polar surface area (TPSA) is 73.8 Å². The number of ketones is 1. The van der Waals surface area contributed by atoms with E-state index in [1.807, 2.05) is 25.3 Å². The van der Waals surface area contributed by atoms with Gasteiger partial charge >= 0.3 is 0 Å². The van der Waals surface area contributed by atoms with Gasteiger partial charge in [-0.1, -0.05) is 25.9 Å². The summed E-state index contributed by atoms with van der Waals surface area (Å²) in [5.74, 6) is 2.25. The summed E-state index contributed by atoms with van der Waals surface area (Å²) in [6.45, 7) is 7.98. The zero-order valence-electron chi connectivity index (χ0n) is 11.7. The number of imidazole rings is 1. The highest BCUT2D eigenvalue weighted by Crippen LogP contribution is 2.13. The fraction of sp³-hybridized carbons (Fsp3) is 0.538. The SMILES string of the molecule is CCc1nc(C(C)=O)cn1Cc1noc(C(C)C)n1. The molecule has 0 saturated heterocycles. The summed E-state index contributed by atoms with van der Waals surface area (Å²) in [4.78, 5) is 20.0. The molecule has 2 aromatic rings. The van der Waals surface area contributed by atoms with Crippen LogP contribution in [0.25, 0.3) is 0 Å². The van der Waals surface area contributed by atoms with Crippen molar-refractivity contribution in [1.82, 2.24) is 19.7 Å². The highest BCUT2D eigenvalue weighted by molar-refractivity contribution is 5.91. The second-order valence-electron chi connectivity index (χ2n) is 4.78. The van der Waals surface area contributed by atoms with Crippen molar-refractivity contribution in [1.29, 1.82) is 0 Å². The monoisotopic (exact) mass is 262 g/mol. The maximum atomic E-state index is 11.3. The average Bonchev–Trinajstić information content (AvgIpc) is 2.96. The summed E-state index contributed by atoms with van der Waals surface area (Å²) in [5, 5.41) is 3.94. The van der Waals surface area contributed by atoms with Crippen LogP contribution in [0.3, 0.4) is 0 Å². The van der Waals surface area contributed by atoms with Crippen LogP contribution in [-0.4, -0.2) is 25.5 Å². The maximum absolute atomic E-state index is 11.3. The van der Waals surface area contributed by atoms with E-state index in [0.717, 1.165) is 12.2 Å². The number of aryl methyl sites for hydroxylation is 1. The molecule has 0 N–H and O–H groups in total. The Kier molecular flexibility index (Phi) is 3.78. The minimum Gasteiger partial charge on any atom is -0.339 e. The van der Waals surface area contributed by atoms with E-state index in [-0.39, 0.29) is 11.7 Å². The van der Waals surface area contributed by atoms with Crippen LogP contribution >= 0.6 is 0 Å². The van der Waals surface area contributed by atoms with E-state index in [9.17, 15) is 4.79 Å². The van der Waals surface area contributed by atoms with Crippen molar-refractivity contribution in [2.45, 2.75) is 46.6 Å². The van der Waals surface area contributed by atoms with E-state index >= 15 is 0 Å². The second-order valence-corrected chi connectivity index (χ2v) is 4.78. The summed E-state index contributed by atoms with van der Waals surface area (Å²) < 4.78 is 7.06. The van der Waals surface area contributed by atoms with Gasteiger partial charge in [0.1, 0.15) is 11.5 Å². The third-order valence-corrected chi connectivity index (χ3v) is 2.83. The van der Waals surface area contributed by atoms with E-state index in [1.165, 1.54) is 6.92 Å². The summed E-state index contributed by atoms with van der Waals surface area (Å²) >= 11 is 0. The van der Waals surface area contributed by atoms with Crippen molar-refractivity contribution in [2.75, 3.05) is 0 Å². The van der Waals surface area contributed by atoms with Crippen molar-refractivity contribution in [3.63, 3.8) is 0 Å². The number of nitrogens with zero attached hydrogens (tertiary/aromatic N) is 4. The molecular weight excluding hydrogens is 244 g/mol. The smallest absolute Gasteiger partial charge is 0.229 e. The Morgan fingerprint density at radius 1 is 1.42 bits per heavy atom. The third kappa shape index (κ3) is 2.89. The molecule has 0 spiro atoms. The minimum atomic E-state index is -0.0376. The molecule has 0 amide bonds. The van der Waals surface area contributed by atoms with Crippen molar-refractivity contribution in [3.8, 4) is 0 Å². The van der Waals surface area contributed by atoms with Gasteiger partial charge in [0.25, 0.3) is 0 Å². The molecule has 0 aliphatic rings. The number of aromatic nitrogens is 4.